The molecule has 2 aromatic carbocycles. The van der Waals surface area contributed by atoms with Crippen LogP contribution in [-0.4, -0.2) is 27.9 Å². The lowest BCUT2D eigenvalue weighted by molar-refractivity contribution is -0.137. The molecule has 5 heteroatoms. The fourth-order valence-electron chi connectivity index (χ4n) is 2.01. The first-order chi connectivity index (χ1) is 9.13. The van der Waals surface area contributed by atoms with Crippen LogP contribution in [0.2, 0.25) is 0 Å². The van der Waals surface area contributed by atoms with Crippen molar-refractivity contribution in [3.63, 3.8) is 0 Å². The lowest BCUT2D eigenvalue weighted by atomic mass is 10.1. The fraction of sp³-hybridized carbons (Fsp3) is 0.143. The van der Waals surface area contributed by atoms with E-state index in [9.17, 15) is 4.79 Å². The van der Waals surface area contributed by atoms with E-state index in [0.717, 1.165) is 25.9 Å². The van der Waals surface area contributed by atoms with Gasteiger partial charge in [0.05, 0.1) is 5.04 Å². The first-order valence-electron chi connectivity index (χ1n) is 5.76. The minimum absolute atomic E-state index is 0.515. The number of halogens is 1. The Balaban J connectivity index is 2.02. The summed E-state index contributed by atoms with van der Waals surface area (Å²) in [7, 11) is 0. The number of aliphatic carboxylic acids is 1. The summed E-state index contributed by atoms with van der Waals surface area (Å²) in [6, 6.07) is 11.6. The van der Waals surface area contributed by atoms with Crippen LogP contribution < -0.4 is 0 Å². The standard InChI is InChI=1S/C14H10BrNO2S/c15-11-4-3-8-1-2-9(5-10(8)6-11)13-16-12(7-19-13)14(17)18/h1-6,12H,7H2,(H,17,18). The van der Waals surface area contributed by atoms with Gasteiger partial charge < -0.3 is 5.11 Å². The molecule has 96 valence electrons. The molecular formula is C14H10BrNO2S. The summed E-state index contributed by atoms with van der Waals surface area (Å²) in [4.78, 5) is 15.2. The van der Waals surface area contributed by atoms with Crippen molar-refractivity contribution in [2.75, 3.05) is 5.75 Å². The van der Waals surface area contributed by atoms with Crippen molar-refractivity contribution >= 4 is 49.5 Å². The van der Waals surface area contributed by atoms with Crippen LogP contribution in [0.3, 0.4) is 0 Å². The molecule has 0 amide bonds. The average Bonchev–Trinajstić information content (AvgIpc) is 2.87. The van der Waals surface area contributed by atoms with Gasteiger partial charge in [0.1, 0.15) is 0 Å². The summed E-state index contributed by atoms with van der Waals surface area (Å²) in [6.07, 6.45) is 0. The van der Waals surface area contributed by atoms with E-state index in [0.29, 0.717) is 5.75 Å². The summed E-state index contributed by atoms with van der Waals surface area (Å²) < 4.78 is 1.03. The van der Waals surface area contributed by atoms with Crippen molar-refractivity contribution < 1.29 is 9.90 Å². The molecule has 1 aliphatic rings. The lowest BCUT2D eigenvalue weighted by Gasteiger charge is -2.03. The molecule has 0 bridgehead atoms. The van der Waals surface area contributed by atoms with Gasteiger partial charge in [-0.2, -0.15) is 0 Å². The summed E-state index contributed by atoms with van der Waals surface area (Å²) in [6.45, 7) is 0. The minimum atomic E-state index is -0.856. The monoisotopic (exact) mass is 335 g/mol. The molecule has 0 aromatic heterocycles. The van der Waals surface area contributed by atoms with Crippen LogP contribution in [0.5, 0.6) is 0 Å². The van der Waals surface area contributed by atoms with Crippen LogP contribution >= 0.6 is 27.7 Å². The molecule has 2 aromatic rings. The minimum Gasteiger partial charge on any atom is -0.480 e. The molecule has 1 heterocycles. The van der Waals surface area contributed by atoms with Crippen molar-refractivity contribution in [2.24, 2.45) is 4.99 Å². The zero-order valence-electron chi connectivity index (χ0n) is 9.84. The highest BCUT2D eigenvalue weighted by molar-refractivity contribution is 9.10. The maximum absolute atomic E-state index is 10.9. The average molecular weight is 336 g/mol. The third kappa shape index (κ3) is 2.53. The van der Waals surface area contributed by atoms with Crippen molar-refractivity contribution in [3.05, 3.63) is 46.4 Å². The Hall–Kier alpha value is -1.33. The van der Waals surface area contributed by atoms with Crippen LogP contribution in [0.4, 0.5) is 0 Å². The lowest BCUT2D eigenvalue weighted by Crippen LogP contribution is -2.17. The number of hydrogen-bond donors (Lipinski definition) is 1. The van der Waals surface area contributed by atoms with E-state index in [1.807, 2.05) is 30.3 Å². The summed E-state index contributed by atoms with van der Waals surface area (Å²) in [5, 5.41) is 12.1. The topological polar surface area (TPSA) is 49.7 Å². The Bertz CT molecular complexity index is 699. The quantitative estimate of drug-likeness (QED) is 0.912. The molecule has 0 fully saturated rings. The van der Waals surface area contributed by atoms with E-state index in [1.165, 1.54) is 11.8 Å². The molecule has 19 heavy (non-hydrogen) atoms. The van der Waals surface area contributed by atoms with Crippen LogP contribution in [0.15, 0.2) is 45.9 Å². The highest BCUT2D eigenvalue weighted by Gasteiger charge is 2.25. The molecular weight excluding hydrogens is 326 g/mol. The maximum Gasteiger partial charge on any atom is 0.329 e. The molecule has 1 atom stereocenters. The number of nitrogens with zero attached hydrogens (tertiary/aromatic N) is 1. The van der Waals surface area contributed by atoms with Gasteiger partial charge in [-0.1, -0.05) is 34.1 Å². The van der Waals surface area contributed by atoms with E-state index >= 15 is 0 Å². The molecule has 0 aliphatic carbocycles. The van der Waals surface area contributed by atoms with Gasteiger partial charge in [0.25, 0.3) is 0 Å². The maximum atomic E-state index is 10.9. The second kappa shape index (κ2) is 4.98. The first kappa shape index (κ1) is 12.7. The largest absolute Gasteiger partial charge is 0.480 e. The number of carbonyl (C=O) groups is 1. The van der Waals surface area contributed by atoms with Gasteiger partial charge >= 0.3 is 5.97 Å². The summed E-state index contributed by atoms with van der Waals surface area (Å²) in [5.41, 5.74) is 0.986. The summed E-state index contributed by atoms with van der Waals surface area (Å²) >= 11 is 4.96. The highest BCUT2D eigenvalue weighted by Crippen LogP contribution is 2.27. The molecule has 0 saturated carbocycles. The first-order valence-corrected chi connectivity index (χ1v) is 7.54. The van der Waals surface area contributed by atoms with E-state index in [2.05, 4.69) is 27.0 Å². The third-order valence-corrected chi connectivity index (χ3v) is 4.58. The molecule has 0 spiro atoms. The Morgan fingerprint density at radius 3 is 2.79 bits per heavy atom. The number of rotatable bonds is 2. The fourth-order valence-corrected chi connectivity index (χ4v) is 3.42. The van der Waals surface area contributed by atoms with Gasteiger partial charge in [-0.3, -0.25) is 4.99 Å². The highest BCUT2D eigenvalue weighted by atomic mass is 79.9. The Morgan fingerprint density at radius 2 is 2.05 bits per heavy atom. The normalized spacial score (nSPS) is 18.6. The Kier molecular flexibility index (Phi) is 3.33. The number of fused-ring (bicyclic) bond motifs is 1. The number of carboxylic acid groups (broad SMARTS) is 1. The molecule has 1 N–H and O–H groups in total. The van der Waals surface area contributed by atoms with Gasteiger partial charge in [0, 0.05) is 15.8 Å². The van der Waals surface area contributed by atoms with Gasteiger partial charge in [-0.15, -0.1) is 11.8 Å². The smallest absolute Gasteiger partial charge is 0.329 e. The summed E-state index contributed by atoms with van der Waals surface area (Å²) in [5.74, 6) is -0.340. The zero-order chi connectivity index (χ0) is 13.4. The number of carboxylic acids is 1. The SMILES string of the molecule is O=C(O)C1CSC(c2ccc3ccc(Br)cc3c2)=N1. The van der Waals surface area contributed by atoms with E-state index in [4.69, 9.17) is 5.11 Å². The second-order valence-corrected chi connectivity index (χ2v) is 6.23. The number of benzene rings is 2. The Labute approximate surface area is 122 Å². The van der Waals surface area contributed by atoms with Crippen molar-refractivity contribution in [1.29, 1.82) is 0 Å². The number of hydrogen-bond acceptors (Lipinski definition) is 3. The van der Waals surface area contributed by atoms with Crippen molar-refractivity contribution in [2.45, 2.75) is 6.04 Å². The van der Waals surface area contributed by atoms with Gasteiger partial charge in [0.2, 0.25) is 0 Å². The van der Waals surface area contributed by atoms with Gasteiger partial charge in [0.15, 0.2) is 6.04 Å². The van der Waals surface area contributed by atoms with Gasteiger partial charge in [-0.25, -0.2) is 4.79 Å². The second-order valence-electron chi connectivity index (χ2n) is 4.31. The van der Waals surface area contributed by atoms with E-state index in [-0.39, 0.29) is 0 Å². The van der Waals surface area contributed by atoms with Crippen LogP contribution in [0, 0.1) is 0 Å². The van der Waals surface area contributed by atoms with Crippen LogP contribution in [-0.2, 0) is 4.79 Å². The predicted octanol–water partition coefficient (Wildman–Crippen LogP) is 3.55. The van der Waals surface area contributed by atoms with Crippen LogP contribution in [0.25, 0.3) is 10.8 Å². The molecule has 1 unspecified atom stereocenters. The van der Waals surface area contributed by atoms with Crippen LogP contribution in [0.1, 0.15) is 5.56 Å². The van der Waals surface area contributed by atoms with E-state index in [1.54, 1.807) is 0 Å². The van der Waals surface area contributed by atoms with Crippen molar-refractivity contribution in [1.82, 2.24) is 0 Å². The molecule has 3 nitrogen and oxygen atoms in total. The Morgan fingerprint density at radius 1 is 1.26 bits per heavy atom. The van der Waals surface area contributed by atoms with Crippen molar-refractivity contribution in [3.8, 4) is 0 Å². The number of aliphatic imine (C=N–C) groups is 1. The molecule has 1 aliphatic heterocycles. The molecule has 3 rings (SSSR count). The van der Waals surface area contributed by atoms with E-state index < -0.39 is 12.0 Å². The zero-order valence-corrected chi connectivity index (χ0v) is 12.2. The molecule has 0 radical (unpaired) electrons. The number of thioether (sulfide) groups is 1. The third-order valence-electron chi connectivity index (χ3n) is 2.99. The molecule has 0 saturated heterocycles. The van der Waals surface area contributed by atoms with Gasteiger partial charge in [-0.05, 0) is 29.0 Å². The predicted molar refractivity (Wildman–Crippen MR) is 82.1 cm³/mol.